The second-order valence-electron chi connectivity index (χ2n) is 4.84. The van der Waals surface area contributed by atoms with Gasteiger partial charge in [0.05, 0.1) is 0 Å². The van der Waals surface area contributed by atoms with Gasteiger partial charge in [-0.15, -0.1) is 11.6 Å². The maximum absolute atomic E-state index is 11.6. The van der Waals surface area contributed by atoms with Gasteiger partial charge in [-0.3, -0.25) is 4.79 Å². The molecule has 15 heavy (non-hydrogen) atoms. The molecule has 1 aliphatic rings. The molecule has 1 rings (SSSR count). The molecule has 1 aliphatic carbocycles. The second-order valence-corrected chi connectivity index (χ2v) is 5.58. The Kier molecular flexibility index (Phi) is 5.44. The Labute approximate surface area is 97.8 Å². The average Bonchev–Trinajstić information content (AvgIpc) is 2.53. The number of carbonyl (C=O) groups excluding carboxylic acids is 1. The molecule has 1 fully saturated rings. The minimum Gasteiger partial charge on any atom is -0.354 e. The lowest BCUT2D eigenvalue weighted by molar-refractivity contribution is -0.122. The predicted molar refractivity (Wildman–Crippen MR) is 64.1 cm³/mol. The summed E-state index contributed by atoms with van der Waals surface area (Å²) in [5.41, 5.74) is 0. The van der Waals surface area contributed by atoms with Crippen LogP contribution >= 0.6 is 11.6 Å². The van der Waals surface area contributed by atoms with Crippen molar-refractivity contribution in [2.24, 2.45) is 5.92 Å². The molecule has 0 heterocycles. The minimum absolute atomic E-state index is 0.131. The fourth-order valence-corrected chi connectivity index (χ4v) is 2.62. The first-order chi connectivity index (χ1) is 7.08. The standard InChI is InChI=1S/C12H22ClNO/c1-9(13)7-10(2)14-12(15)8-11-5-3-4-6-11/h9-11H,3-8H2,1-2H3,(H,14,15). The van der Waals surface area contributed by atoms with Gasteiger partial charge in [0.25, 0.3) is 0 Å². The molecule has 0 aromatic carbocycles. The van der Waals surface area contributed by atoms with Crippen LogP contribution in [0.5, 0.6) is 0 Å². The molecule has 0 saturated heterocycles. The van der Waals surface area contributed by atoms with Crippen molar-refractivity contribution in [1.82, 2.24) is 5.32 Å². The van der Waals surface area contributed by atoms with E-state index in [1.807, 2.05) is 13.8 Å². The fraction of sp³-hybridized carbons (Fsp3) is 0.917. The summed E-state index contributed by atoms with van der Waals surface area (Å²) in [6, 6.07) is 0.200. The summed E-state index contributed by atoms with van der Waals surface area (Å²) in [7, 11) is 0. The molecule has 0 aliphatic heterocycles. The molecule has 2 atom stereocenters. The van der Waals surface area contributed by atoms with Crippen LogP contribution in [0.3, 0.4) is 0 Å². The zero-order valence-electron chi connectivity index (χ0n) is 9.76. The summed E-state index contributed by atoms with van der Waals surface area (Å²) in [4.78, 5) is 11.6. The molecule has 0 bridgehead atoms. The van der Waals surface area contributed by atoms with Crippen molar-refractivity contribution in [3.8, 4) is 0 Å². The van der Waals surface area contributed by atoms with Crippen molar-refractivity contribution in [2.45, 2.75) is 63.8 Å². The Morgan fingerprint density at radius 3 is 2.53 bits per heavy atom. The van der Waals surface area contributed by atoms with E-state index >= 15 is 0 Å². The minimum atomic E-state index is 0.131. The molecule has 0 aromatic heterocycles. The first-order valence-corrected chi connectivity index (χ1v) is 6.45. The first kappa shape index (κ1) is 12.8. The van der Waals surface area contributed by atoms with Crippen molar-refractivity contribution >= 4 is 17.5 Å². The van der Waals surface area contributed by atoms with Gasteiger partial charge in [0.1, 0.15) is 0 Å². The summed E-state index contributed by atoms with van der Waals surface area (Å²) in [5.74, 6) is 0.831. The number of nitrogens with one attached hydrogen (secondary N) is 1. The third kappa shape index (κ3) is 5.41. The molecule has 1 N–H and O–H groups in total. The number of hydrogen-bond donors (Lipinski definition) is 1. The maximum Gasteiger partial charge on any atom is 0.220 e. The van der Waals surface area contributed by atoms with Crippen LogP contribution in [0.25, 0.3) is 0 Å². The van der Waals surface area contributed by atoms with E-state index in [4.69, 9.17) is 11.6 Å². The lowest BCUT2D eigenvalue weighted by atomic mass is 10.0. The van der Waals surface area contributed by atoms with Crippen LogP contribution in [0.1, 0.15) is 52.4 Å². The highest BCUT2D eigenvalue weighted by Crippen LogP contribution is 2.27. The highest BCUT2D eigenvalue weighted by molar-refractivity contribution is 6.20. The van der Waals surface area contributed by atoms with Gasteiger partial charge in [0.15, 0.2) is 0 Å². The third-order valence-corrected chi connectivity index (χ3v) is 3.21. The SMILES string of the molecule is CC(Cl)CC(C)NC(=O)CC1CCCC1. The Morgan fingerprint density at radius 1 is 1.40 bits per heavy atom. The van der Waals surface area contributed by atoms with Crippen molar-refractivity contribution in [3.05, 3.63) is 0 Å². The van der Waals surface area contributed by atoms with Gasteiger partial charge in [-0.05, 0) is 39.0 Å². The molecule has 2 unspecified atom stereocenters. The highest BCUT2D eigenvalue weighted by Gasteiger charge is 2.19. The summed E-state index contributed by atoms with van der Waals surface area (Å²) in [6.45, 7) is 3.98. The van der Waals surface area contributed by atoms with Crippen molar-refractivity contribution in [2.75, 3.05) is 0 Å². The molecule has 0 spiro atoms. The Hall–Kier alpha value is -0.240. The van der Waals surface area contributed by atoms with Gasteiger partial charge in [0, 0.05) is 17.8 Å². The normalized spacial score (nSPS) is 21.3. The van der Waals surface area contributed by atoms with E-state index in [-0.39, 0.29) is 17.3 Å². The average molecular weight is 232 g/mol. The maximum atomic E-state index is 11.6. The Balaban J connectivity index is 2.16. The molecule has 2 nitrogen and oxygen atoms in total. The topological polar surface area (TPSA) is 29.1 Å². The molecule has 0 radical (unpaired) electrons. The molecular formula is C12H22ClNO. The smallest absolute Gasteiger partial charge is 0.220 e. The summed E-state index contributed by atoms with van der Waals surface area (Å²) in [6.07, 6.45) is 6.61. The lowest BCUT2D eigenvalue weighted by Crippen LogP contribution is -2.34. The third-order valence-electron chi connectivity index (χ3n) is 3.03. The van der Waals surface area contributed by atoms with Crippen LogP contribution < -0.4 is 5.32 Å². The number of halogens is 1. The summed E-state index contributed by atoms with van der Waals surface area (Å²) in [5, 5.41) is 3.15. The van der Waals surface area contributed by atoms with Gasteiger partial charge in [0.2, 0.25) is 5.91 Å². The van der Waals surface area contributed by atoms with E-state index in [0.29, 0.717) is 12.3 Å². The molecule has 1 amide bonds. The van der Waals surface area contributed by atoms with Gasteiger partial charge in [-0.1, -0.05) is 12.8 Å². The first-order valence-electron chi connectivity index (χ1n) is 6.01. The van der Waals surface area contributed by atoms with Crippen molar-refractivity contribution < 1.29 is 4.79 Å². The zero-order valence-corrected chi connectivity index (χ0v) is 10.5. The highest BCUT2D eigenvalue weighted by atomic mass is 35.5. The number of rotatable bonds is 5. The number of carbonyl (C=O) groups is 1. The van der Waals surface area contributed by atoms with Gasteiger partial charge < -0.3 is 5.32 Å². The summed E-state index contributed by atoms with van der Waals surface area (Å²) >= 11 is 5.88. The second kappa shape index (κ2) is 6.37. The largest absolute Gasteiger partial charge is 0.354 e. The van der Waals surface area contributed by atoms with E-state index < -0.39 is 0 Å². The van der Waals surface area contributed by atoms with E-state index in [1.54, 1.807) is 0 Å². The zero-order chi connectivity index (χ0) is 11.3. The van der Waals surface area contributed by atoms with Gasteiger partial charge in [-0.2, -0.15) is 0 Å². The van der Waals surface area contributed by atoms with E-state index in [2.05, 4.69) is 5.32 Å². The molecule has 0 aromatic rings. The summed E-state index contributed by atoms with van der Waals surface area (Å²) < 4.78 is 0. The predicted octanol–water partition coefficient (Wildman–Crippen LogP) is 3.09. The Bertz CT molecular complexity index is 200. The monoisotopic (exact) mass is 231 g/mol. The number of alkyl halides is 1. The molecule has 3 heteroatoms. The molecular weight excluding hydrogens is 210 g/mol. The fourth-order valence-electron chi connectivity index (χ4n) is 2.36. The quantitative estimate of drug-likeness (QED) is 0.724. The van der Waals surface area contributed by atoms with Crippen LogP contribution in [0.2, 0.25) is 0 Å². The van der Waals surface area contributed by atoms with Crippen molar-refractivity contribution in [1.29, 1.82) is 0 Å². The van der Waals surface area contributed by atoms with Crippen molar-refractivity contribution in [3.63, 3.8) is 0 Å². The van der Waals surface area contributed by atoms with Crippen LogP contribution in [-0.4, -0.2) is 17.3 Å². The Morgan fingerprint density at radius 2 is 2.00 bits per heavy atom. The van der Waals surface area contributed by atoms with E-state index in [0.717, 1.165) is 6.42 Å². The van der Waals surface area contributed by atoms with Gasteiger partial charge >= 0.3 is 0 Å². The van der Waals surface area contributed by atoms with Gasteiger partial charge in [-0.25, -0.2) is 0 Å². The van der Waals surface area contributed by atoms with Crippen LogP contribution in [0, 0.1) is 5.92 Å². The van der Waals surface area contributed by atoms with Crippen LogP contribution in [-0.2, 0) is 4.79 Å². The van der Waals surface area contributed by atoms with E-state index in [1.165, 1.54) is 25.7 Å². The molecule has 1 saturated carbocycles. The number of amides is 1. The van der Waals surface area contributed by atoms with E-state index in [9.17, 15) is 4.79 Å². The number of hydrogen-bond acceptors (Lipinski definition) is 1. The van der Waals surface area contributed by atoms with Crippen LogP contribution in [0.4, 0.5) is 0 Å². The molecule has 88 valence electrons. The van der Waals surface area contributed by atoms with Crippen LogP contribution in [0.15, 0.2) is 0 Å². The lowest BCUT2D eigenvalue weighted by Gasteiger charge is -2.16.